The van der Waals surface area contributed by atoms with E-state index in [1.807, 2.05) is 67.6 Å². The maximum Gasteiger partial charge on any atom is 0.342 e. The first-order chi connectivity index (χ1) is 19.4. The topological polar surface area (TPSA) is 93.1 Å². The van der Waals surface area contributed by atoms with Crippen molar-refractivity contribution >= 4 is 11.9 Å². The monoisotopic (exact) mass is 534 g/mol. The summed E-state index contributed by atoms with van der Waals surface area (Å²) in [6, 6.07) is 25.9. The summed E-state index contributed by atoms with van der Waals surface area (Å²) in [6.45, 7) is 5.69. The number of rotatable bonds is 7. The summed E-state index contributed by atoms with van der Waals surface area (Å²) in [4.78, 5) is 26.3. The van der Waals surface area contributed by atoms with Gasteiger partial charge in [0.15, 0.2) is 0 Å². The molecule has 0 radical (unpaired) electrons. The van der Waals surface area contributed by atoms with Gasteiger partial charge in [0.05, 0.1) is 13.2 Å². The average Bonchev–Trinajstić information content (AvgIpc) is 3.13. The van der Waals surface area contributed by atoms with E-state index in [1.54, 1.807) is 38.1 Å². The van der Waals surface area contributed by atoms with Gasteiger partial charge < -0.3 is 19.7 Å². The Kier molecular flexibility index (Phi) is 7.43. The Hall–Kier alpha value is -4.84. The fourth-order valence-corrected chi connectivity index (χ4v) is 5.42. The Labute approximate surface area is 233 Å². The molecule has 0 aromatic heterocycles. The van der Waals surface area contributed by atoms with E-state index in [1.165, 1.54) is 0 Å². The quantitative estimate of drug-likeness (QED) is 0.215. The van der Waals surface area contributed by atoms with Crippen LogP contribution in [0.2, 0.25) is 0 Å². The van der Waals surface area contributed by atoms with Crippen LogP contribution in [0.25, 0.3) is 22.3 Å². The van der Waals surface area contributed by atoms with Crippen LogP contribution in [0.5, 0.6) is 11.5 Å². The van der Waals surface area contributed by atoms with Gasteiger partial charge in [0.25, 0.3) is 0 Å². The molecule has 0 atom stereocenters. The van der Waals surface area contributed by atoms with E-state index in [-0.39, 0.29) is 35.8 Å². The maximum absolute atomic E-state index is 13.1. The first kappa shape index (κ1) is 26.8. The van der Waals surface area contributed by atoms with Gasteiger partial charge in [0, 0.05) is 28.2 Å². The number of benzene rings is 1. The molecular weight excluding hydrogens is 504 g/mol. The normalized spacial score (nSPS) is 11.2. The molecule has 202 valence electrons. The lowest BCUT2D eigenvalue weighted by molar-refractivity contribution is 0.0514. The lowest BCUT2D eigenvalue weighted by atomic mass is 9.82. The summed E-state index contributed by atoms with van der Waals surface area (Å²) in [6.07, 6.45) is 0. The lowest BCUT2D eigenvalue weighted by Crippen LogP contribution is -2.06. The Balaban J connectivity index is 1.91. The number of carbonyl (C=O) groups is 2. The van der Waals surface area contributed by atoms with Crippen LogP contribution >= 0.6 is 0 Å². The fraction of sp³-hybridized carbons (Fsp3) is 0.176. The zero-order chi connectivity index (χ0) is 28.4. The molecule has 0 heterocycles. The van der Waals surface area contributed by atoms with Crippen molar-refractivity contribution in [2.75, 3.05) is 13.2 Å². The van der Waals surface area contributed by atoms with Crippen molar-refractivity contribution in [3.05, 3.63) is 118 Å². The number of esters is 2. The second-order valence-electron chi connectivity index (χ2n) is 9.54. The average molecular weight is 535 g/mol. The highest BCUT2D eigenvalue weighted by molar-refractivity contribution is 6.06. The number of carbonyl (C=O) groups excluding carboxylic acids is 2. The number of aryl methyl sites for hydroxylation is 1. The van der Waals surface area contributed by atoms with Gasteiger partial charge >= 0.3 is 11.9 Å². The fourth-order valence-electron chi connectivity index (χ4n) is 5.42. The molecule has 5 rings (SSSR count). The molecule has 0 spiro atoms. The van der Waals surface area contributed by atoms with E-state index in [0.717, 1.165) is 11.1 Å². The van der Waals surface area contributed by atoms with Gasteiger partial charge in [-0.2, -0.15) is 0 Å². The number of ether oxygens (including phenoxy) is 2. The molecule has 4 aliphatic carbocycles. The second-order valence-corrected chi connectivity index (χ2v) is 9.54. The molecule has 6 nitrogen and oxygen atoms in total. The van der Waals surface area contributed by atoms with Crippen LogP contribution in [0.4, 0.5) is 0 Å². The molecule has 0 aliphatic heterocycles. The van der Waals surface area contributed by atoms with Crippen molar-refractivity contribution in [2.24, 2.45) is 0 Å². The maximum atomic E-state index is 13.1. The highest BCUT2D eigenvalue weighted by Gasteiger charge is 2.38. The van der Waals surface area contributed by atoms with Gasteiger partial charge in [-0.15, -0.1) is 0 Å². The van der Waals surface area contributed by atoms with Gasteiger partial charge in [-0.25, -0.2) is 9.59 Å². The van der Waals surface area contributed by atoms with E-state index >= 15 is 0 Å². The second kappa shape index (κ2) is 11.1. The van der Waals surface area contributed by atoms with Crippen molar-refractivity contribution < 1.29 is 29.3 Å². The number of aromatic hydroxyl groups is 2. The summed E-state index contributed by atoms with van der Waals surface area (Å²) in [7, 11) is 0. The summed E-state index contributed by atoms with van der Waals surface area (Å²) in [5.74, 6) is -2.48. The first-order valence-corrected chi connectivity index (χ1v) is 13.3. The summed E-state index contributed by atoms with van der Waals surface area (Å²) in [5.41, 5.74) is 5.10. The van der Waals surface area contributed by atoms with Crippen LogP contribution in [0.1, 0.15) is 62.7 Å². The first-order valence-electron chi connectivity index (χ1n) is 13.3. The van der Waals surface area contributed by atoms with Crippen LogP contribution in [-0.2, 0) is 9.47 Å². The van der Waals surface area contributed by atoms with Crippen LogP contribution in [0.3, 0.4) is 0 Å². The molecule has 1 aromatic rings. The Morgan fingerprint density at radius 3 is 1.43 bits per heavy atom. The van der Waals surface area contributed by atoms with E-state index in [0.29, 0.717) is 33.4 Å². The Morgan fingerprint density at radius 2 is 1.02 bits per heavy atom. The predicted octanol–water partition coefficient (Wildman–Crippen LogP) is 7.15. The van der Waals surface area contributed by atoms with Crippen LogP contribution < -0.4 is 0 Å². The van der Waals surface area contributed by atoms with E-state index < -0.39 is 17.9 Å². The molecule has 0 saturated carbocycles. The third kappa shape index (κ3) is 4.51. The molecule has 40 heavy (non-hydrogen) atoms. The summed E-state index contributed by atoms with van der Waals surface area (Å²) >= 11 is 0. The number of hydrogen-bond donors (Lipinski definition) is 2. The molecule has 6 heteroatoms. The minimum Gasteiger partial charge on any atom is -0.507 e. The molecule has 0 unspecified atom stereocenters. The van der Waals surface area contributed by atoms with Crippen molar-refractivity contribution in [2.45, 2.75) is 26.7 Å². The smallest absolute Gasteiger partial charge is 0.342 e. The van der Waals surface area contributed by atoms with Crippen molar-refractivity contribution in [3.63, 3.8) is 0 Å². The summed E-state index contributed by atoms with van der Waals surface area (Å²) < 4.78 is 10.7. The van der Waals surface area contributed by atoms with Crippen LogP contribution in [0, 0.1) is 6.92 Å². The van der Waals surface area contributed by atoms with Gasteiger partial charge in [-0.1, -0.05) is 90.5 Å². The SMILES string of the molecule is CCOC(=O)c1c2cccccc-2c(C(c2ccc(C)cc2)c2c3cccccc-3c(C(=O)OCC)c2O)c1O. The largest absolute Gasteiger partial charge is 0.507 e. The standard InChI is InChI=1S/C34H30O6/c1-4-39-33(37)29-24-14-10-6-8-12-22(24)27(31(29)35)26(21-18-16-20(3)17-19-21)28-23-13-9-7-11-15-25(23)30(32(28)36)34(38)40-5-2/h6-19,26,35-36H,4-5H2,1-3H3. The minimum absolute atomic E-state index is 0.0617. The Bertz CT molecular complexity index is 1530. The number of fused-ring (bicyclic) bond motifs is 2. The van der Waals surface area contributed by atoms with Crippen LogP contribution in [-0.4, -0.2) is 35.4 Å². The highest BCUT2D eigenvalue weighted by atomic mass is 16.5. The molecule has 0 bridgehead atoms. The van der Waals surface area contributed by atoms with Gasteiger partial charge in [0.1, 0.15) is 22.6 Å². The molecule has 4 aliphatic rings. The third-order valence-corrected chi connectivity index (χ3v) is 7.13. The van der Waals surface area contributed by atoms with Gasteiger partial charge in [0.2, 0.25) is 0 Å². The van der Waals surface area contributed by atoms with Crippen LogP contribution in [0.15, 0.2) is 84.9 Å². The zero-order valence-corrected chi connectivity index (χ0v) is 22.6. The van der Waals surface area contributed by atoms with Gasteiger partial charge in [-0.05, 0) is 37.5 Å². The van der Waals surface area contributed by atoms with E-state index in [4.69, 9.17) is 9.47 Å². The molecule has 0 fully saturated rings. The van der Waals surface area contributed by atoms with Crippen molar-refractivity contribution in [3.8, 4) is 33.8 Å². The van der Waals surface area contributed by atoms with E-state index in [9.17, 15) is 19.8 Å². The van der Waals surface area contributed by atoms with Crippen molar-refractivity contribution in [1.29, 1.82) is 0 Å². The molecule has 1 aromatic carbocycles. The summed E-state index contributed by atoms with van der Waals surface area (Å²) in [5, 5.41) is 23.6. The highest BCUT2D eigenvalue weighted by Crippen LogP contribution is 2.55. The Morgan fingerprint density at radius 1 is 0.625 bits per heavy atom. The zero-order valence-electron chi connectivity index (χ0n) is 22.6. The molecule has 0 amide bonds. The van der Waals surface area contributed by atoms with Crippen molar-refractivity contribution in [1.82, 2.24) is 0 Å². The predicted molar refractivity (Wildman–Crippen MR) is 153 cm³/mol. The van der Waals surface area contributed by atoms with Gasteiger partial charge in [-0.3, -0.25) is 0 Å². The lowest BCUT2D eigenvalue weighted by Gasteiger charge is -2.21. The third-order valence-electron chi connectivity index (χ3n) is 7.13. The minimum atomic E-state index is -0.748. The molecule has 0 saturated heterocycles. The molecule has 2 N–H and O–H groups in total. The number of hydrogen-bond acceptors (Lipinski definition) is 6. The van der Waals surface area contributed by atoms with E-state index in [2.05, 4.69) is 0 Å². The molecular formula is C34H30O6.